The van der Waals surface area contributed by atoms with Crippen molar-refractivity contribution in [1.29, 1.82) is 0 Å². The van der Waals surface area contributed by atoms with Crippen LogP contribution in [-0.2, 0) is 18.5 Å². The average molecular weight is 283 g/mol. The predicted molar refractivity (Wildman–Crippen MR) is 81.3 cm³/mol. The third kappa shape index (κ3) is 2.14. The molecular weight excluding hydrogens is 262 g/mol. The number of H-pyrrole nitrogens is 1. The van der Waals surface area contributed by atoms with Crippen molar-refractivity contribution in [2.45, 2.75) is 38.3 Å². The zero-order valence-corrected chi connectivity index (χ0v) is 12.6. The van der Waals surface area contributed by atoms with Gasteiger partial charge in [0.15, 0.2) is 0 Å². The standard InChI is InChI=1S/C17H21N3O/c1-12-14(8-18-19-12)10-20-9-13-3-4-15(21-2)7-16(13)17(11-20)5-6-17/h3-4,7-8H,5-6,9-11H2,1-2H3,(H,18,19). The molecule has 0 bridgehead atoms. The SMILES string of the molecule is COc1ccc2c(c1)C1(CC1)CN(Cc1cn[nH]c1C)C2. The first kappa shape index (κ1) is 12.9. The van der Waals surface area contributed by atoms with E-state index in [4.69, 9.17) is 4.74 Å². The Labute approximate surface area is 125 Å². The van der Waals surface area contributed by atoms with E-state index in [1.807, 2.05) is 6.20 Å². The maximum Gasteiger partial charge on any atom is 0.119 e. The Morgan fingerprint density at radius 3 is 2.90 bits per heavy atom. The van der Waals surface area contributed by atoms with Crippen molar-refractivity contribution < 1.29 is 4.74 Å². The number of hydrogen-bond donors (Lipinski definition) is 1. The van der Waals surface area contributed by atoms with Gasteiger partial charge in [-0.15, -0.1) is 0 Å². The highest BCUT2D eigenvalue weighted by atomic mass is 16.5. The molecule has 1 aliphatic carbocycles. The van der Waals surface area contributed by atoms with Crippen molar-refractivity contribution in [3.05, 3.63) is 46.8 Å². The van der Waals surface area contributed by atoms with Gasteiger partial charge in [0.2, 0.25) is 0 Å². The fraction of sp³-hybridized carbons (Fsp3) is 0.471. The van der Waals surface area contributed by atoms with Gasteiger partial charge in [-0.3, -0.25) is 10.00 Å². The highest BCUT2D eigenvalue weighted by molar-refractivity contribution is 5.45. The summed E-state index contributed by atoms with van der Waals surface area (Å²) in [5.74, 6) is 0.985. The molecule has 2 aromatic rings. The van der Waals surface area contributed by atoms with Crippen LogP contribution in [0.3, 0.4) is 0 Å². The van der Waals surface area contributed by atoms with Gasteiger partial charge in [-0.1, -0.05) is 6.07 Å². The number of nitrogens with zero attached hydrogens (tertiary/aromatic N) is 2. The van der Waals surface area contributed by atoms with Gasteiger partial charge in [0.05, 0.1) is 13.3 Å². The zero-order valence-electron chi connectivity index (χ0n) is 12.6. The molecular formula is C17H21N3O. The topological polar surface area (TPSA) is 41.1 Å². The summed E-state index contributed by atoms with van der Waals surface area (Å²) < 4.78 is 5.40. The van der Waals surface area contributed by atoms with Gasteiger partial charge >= 0.3 is 0 Å². The Bertz CT molecular complexity index is 672. The van der Waals surface area contributed by atoms with Crippen molar-refractivity contribution in [1.82, 2.24) is 15.1 Å². The molecule has 1 aromatic heterocycles. The Morgan fingerprint density at radius 2 is 2.24 bits per heavy atom. The third-order valence-corrected chi connectivity index (χ3v) is 4.99. The second kappa shape index (κ2) is 4.60. The van der Waals surface area contributed by atoms with Crippen molar-refractivity contribution in [3.8, 4) is 5.75 Å². The lowest BCUT2D eigenvalue weighted by molar-refractivity contribution is 0.212. The summed E-state index contributed by atoms with van der Waals surface area (Å²) in [5.41, 5.74) is 5.84. The number of benzene rings is 1. The van der Waals surface area contributed by atoms with E-state index in [9.17, 15) is 0 Å². The lowest BCUT2D eigenvalue weighted by atomic mass is 9.86. The lowest BCUT2D eigenvalue weighted by Gasteiger charge is -2.35. The molecule has 4 heteroatoms. The van der Waals surface area contributed by atoms with Gasteiger partial charge in [0.1, 0.15) is 5.75 Å². The molecule has 4 nitrogen and oxygen atoms in total. The first-order valence-corrected chi connectivity index (χ1v) is 7.59. The van der Waals surface area contributed by atoms with Crippen LogP contribution in [0.2, 0.25) is 0 Å². The molecule has 0 amide bonds. The van der Waals surface area contributed by atoms with E-state index >= 15 is 0 Å². The van der Waals surface area contributed by atoms with Crippen LogP contribution in [0, 0.1) is 6.92 Å². The van der Waals surface area contributed by atoms with Crippen LogP contribution in [0.5, 0.6) is 5.75 Å². The van der Waals surface area contributed by atoms with Crippen molar-refractivity contribution >= 4 is 0 Å². The average Bonchev–Trinajstić information content (AvgIpc) is 3.15. The monoisotopic (exact) mass is 283 g/mol. The molecule has 2 heterocycles. The fourth-order valence-corrected chi connectivity index (χ4v) is 3.59. The van der Waals surface area contributed by atoms with Gasteiger partial charge in [-0.25, -0.2) is 0 Å². The van der Waals surface area contributed by atoms with Crippen molar-refractivity contribution in [3.63, 3.8) is 0 Å². The van der Waals surface area contributed by atoms with E-state index in [0.29, 0.717) is 5.41 Å². The van der Waals surface area contributed by atoms with E-state index < -0.39 is 0 Å². The number of aryl methyl sites for hydroxylation is 1. The van der Waals surface area contributed by atoms with Crippen LogP contribution < -0.4 is 4.74 Å². The number of hydrogen-bond acceptors (Lipinski definition) is 3. The molecule has 1 N–H and O–H groups in total. The first-order valence-electron chi connectivity index (χ1n) is 7.59. The lowest BCUT2D eigenvalue weighted by Crippen LogP contribution is -2.37. The highest BCUT2D eigenvalue weighted by Crippen LogP contribution is 2.53. The largest absolute Gasteiger partial charge is 0.497 e. The van der Waals surface area contributed by atoms with E-state index in [1.54, 1.807) is 7.11 Å². The summed E-state index contributed by atoms with van der Waals surface area (Å²) in [6.07, 6.45) is 4.56. The number of methoxy groups -OCH3 is 1. The fourth-order valence-electron chi connectivity index (χ4n) is 3.59. The molecule has 4 rings (SSSR count). The minimum absolute atomic E-state index is 0.375. The molecule has 1 aromatic carbocycles. The second-order valence-electron chi connectivity index (χ2n) is 6.47. The third-order valence-electron chi connectivity index (χ3n) is 4.99. The molecule has 2 aliphatic rings. The summed E-state index contributed by atoms with van der Waals surface area (Å²) >= 11 is 0. The molecule has 1 fully saturated rings. The first-order chi connectivity index (χ1) is 10.2. The molecule has 0 atom stereocenters. The zero-order chi connectivity index (χ0) is 14.4. The second-order valence-corrected chi connectivity index (χ2v) is 6.47. The number of aromatic amines is 1. The summed E-state index contributed by atoms with van der Waals surface area (Å²) in [6, 6.07) is 6.58. The highest BCUT2D eigenvalue weighted by Gasteiger charge is 2.49. The van der Waals surface area contributed by atoms with Crippen LogP contribution in [-0.4, -0.2) is 28.8 Å². The van der Waals surface area contributed by atoms with Crippen LogP contribution in [0.15, 0.2) is 24.4 Å². The summed E-state index contributed by atoms with van der Waals surface area (Å²) in [7, 11) is 1.75. The van der Waals surface area contributed by atoms with E-state index in [2.05, 4.69) is 40.2 Å². The molecule has 0 unspecified atom stereocenters. The summed E-state index contributed by atoms with van der Waals surface area (Å²) in [4.78, 5) is 2.56. The molecule has 110 valence electrons. The van der Waals surface area contributed by atoms with Crippen molar-refractivity contribution in [2.24, 2.45) is 0 Å². The maximum atomic E-state index is 5.40. The number of ether oxygens (including phenoxy) is 1. The number of rotatable bonds is 3. The Balaban J connectivity index is 1.63. The predicted octanol–water partition coefficient (Wildman–Crippen LogP) is 2.77. The van der Waals surface area contributed by atoms with Crippen LogP contribution in [0.25, 0.3) is 0 Å². The van der Waals surface area contributed by atoms with E-state index in [1.165, 1.54) is 35.2 Å². The summed E-state index contributed by atoms with van der Waals surface area (Å²) in [5, 5.41) is 7.17. The van der Waals surface area contributed by atoms with Gasteiger partial charge in [0, 0.05) is 36.3 Å². The Morgan fingerprint density at radius 1 is 1.38 bits per heavy atom. The number of fused-ring (bicyclic) bond motifs is 2. The van der Waals surface area contributed by atoms with Crippen molar-refractivity contribution in [2.75, 3.05) is 13.7 Å². The van der Waals surface area contributed by atoms with Gasteiger partial charge < -0.3 is 4.74 Å². The van der Waals surface area contributed by atoms with Gasteiger partial charge in [-0.2, -0.15) is 5.10 Å². The van der Waals surface area contributed by atoms with Crippen LogP contribution in [0.1, 0.15) is 35.2 Å². The molecule has 1 aliphatic heterocycles. The van der Waals surface area contributed by atoms with Gasteiger partial charge in [0.25, 0.3) is 0 Å². The Hall–Kier alpha value is -1.81. The molecule has 21 heavy (non-hydrogen) atoms. The number of aromatic nitrogens is 2. The molecule has 1 saturated carbocycles. The minimum Gasteiger partial charge on any atom is -0.497 e. The smallest absolute Gasteiger partial charge is 0.119 e. The minimum atomic E-state index is 0.375. The quantitative estimate of drug-likeness (QED) is 0.941. The molecule has 0 radical (unpaired) electrons. The molecule has 1 spiro atoms. The number of nitrogens with one attached hydrogen (secondary N) is 1. The van der Waals surface area contributed by atoms with E-state index in [-0.39, 0.29) is 0 Å². The van der Waals surface area contributed by atoms with Crippen LogP contribution >= 0.6 is 0 Å². The summed E-state index contributed by atoms with van der Waals surface area (Å²) in [6.45, 7) is 5.25. The molecule has 0 saturated heterocycles. The Kier molecular flexibility index (Phi) is 2.82. The van der Waals surface area contributed by atoms with E-state index in [0.717, 1.165) is 25.4 Å². The maximum absolute atomic E-state index is 5.40. The van der Waals surface area contributed by atoms with Gasteiger partial charge in [-0.05, 0) is 43.0 Å². The van der Waals surface area contributed by atoms with Crippen LogP contribution in [0.4, 0.5) is 0 Å². The normalized spacial score (nSPS) is 19.5.